The second-order valence-electron chi connectivity index (χ2n) is 15.4. The van der Waals surface area contributed by atoms with E-state index in [0.29, 0.717) is 66.0 Å². The molecule has 26 heteroatoms. The number of aromatic amines is 1. The number of aldehydes is 1. The molecule has 3 aliphatic rings. The molecule has 4 aromatic carbocycles. The molecule has 8 N–H and O–H groups in total. The number of carbonyl (C=O) groups is 8. The first kappa shape index (κ1) is 66.9. The maximum atomic E-state index is 14.0. The van der Waals surface area contributed by atoms with Crippen LogP contribution in [0.5, 0.6) is 0 Å². The molecule has 0 spiro atoms. The molecule has 2 atom stereocenters. The molecule has 2 amide bonds. The van der Waals surface area contributed by atoms with E-state index in [-0.39, 0.29) is 85.6 Å². The molecule has 2 unspecified atom stereocenters. The minimum Gasteiger partial charge on any atom is -0.528 e. The van der Waals surface area contributed by atoms with Gasteiger partial charge in [-0.3, -0.25) is 39.0 Å². The Morgan fingerprint density at radius 1 is 0.800 bits per heavy atom. The second kappa shape index (κ2) is 34.4. The molecule has 8 rings (SSSR count). The van der Waals surface area contributed by atoms with Crippen molar-refractivity contribution in [3.05, 3.63) is 125 Å². The number of esters is 4. The number of ether oxygens (including phenoxy) is 3. The molecule has 2 fully saturated rings. The number of anilines is 2. The minimum atomic E-state index is -0.562. The third kappa shape index (κ3) is 21.9. The Kier molecular flexibility index (Phi) is 30.7. The largest absolute Gasteiger partial charge is 1.00 e. The molecule has 0 saturated carbocycles. The Bertz CT molecular complexity index is 2770. The number of aromatic nitrogens is 2. The maximum Gasteiger partial charge on any atom is 1.00 e. The number of nitrogens with one attached hydrogen (secondary N) is 4. The van der Waals surface area contributed by atoms with Crippen LogP contribution in [0.4, 0.5) is 20.2 Å². The summed E-state index contributed by atoms with van der Waals surface area (Å²) in [7, 11) is 7.10. The van der Waals surface area contributed by atoms with Gasteiger partial charge in [0.25, 0.3) is 0 Å². The molecule has 395 valence electrons. The van der Waals surface area contributed by atoms with Crippen LogP contribution in [-0.4, -0.2) is 150 Å². The first-order valence-corrected chi connectivity index (χ1v) is 24.0. The van der Waals surface area contributed by atoms with Crippen molar-refractivity contribution in [2.45, 2.75) is 44.4 Å². The van der Waals surface area contributed by atoms with Crippen molar-refractivity contribution in [1.29, 1.82) is 0 Å². The molecule has 20 nitrogen and oxygen atoms in total. The van der Waals surface area contributed by atoms with Gasteiger partial charge in [-0.15, -0.1) is 29.2 Å². The van der Waals surface area contributed by atoms with E-state index in [1.165, 1.54) is 53.2 Å². The van der Waals surface area contributed by atoms with Crippen molar-refractivity contribution in [2.75, 3.05) is 62.5 Å². The van der Waals surface area contributed by atoms with E-state index in [0.717, 1.165) is 35.7 Å². The molecule has 0 aliphatic carbocycles. The number of hydrogen-bond donors (Lipinski definition) is 4. The van der Waals surface area contributed by atoms with Gasteiger partial charge in [0.2, 0.25) is 11.8 Å². The molecule has 0 bridgehead atoms. The topological polar surface area (TPSA) is 308 Å². The summed E-state index contributed by atoms with van der Waals surface area (Å²) in [6, 6.07) is 23.3. The van der Waals surface area contributed by atoms with E-state index in [1.54, 1.807) is 72.1 Å². The van der Waals surface area contributed by atoms with Gasteiger partial charge in [-0.2, -0.15) is 5.10 Å². The Labute approximate surface area is 462 Å². The number of H-pyrrole nitrogens is 1. The van der Waals surface area contributed by atoms with Crippen LogP contribution in [-0.2, 0) is 56.1 Å². The van der Waals surface area contributed by atoms with E-state index in [1.807, 2.05) is 18.2 Å². The van der Waals surface area contributed by atoms with Crippen molar-refractivity contribution in [3.8, 4) is 0 Å². The Morgan fingerprint density at radius 2 is 1.39 bits per heavy atom. The maximum absolute atomic E-state index is 14.0. The van der Waals surface area contributed by atoms with Gasteiger partial charge in [0.05, 0.1) is 42.3 Å². The summed E-state index contributed by atoms with van der Waals surface area (Å²) in [6.07, 6.45) is 0.495. The summed E-state index contributed by atoms with van der Waals surface area (Å²) in [5.74, 6) is -1.24. The molecule has 3 aliphatic heterocycles. The zero-order chi connectivity index (χ0) is 52.7. The van der Waals surface area contributed by atoms with Gasteiger partial charge in [0.15, 0.2) is 17.7 Å². The van der Waals surface area contributed by atoms with Gasteiger partial charge in [0.1, 0.15) is 11.6 Å². The summed E-state index contributed by atoms with van der Waals surface area (Å²) >= 11 is 3.24. The minimum absolute atomic E-state index is 0. The van der Waals surface area contributed by atoms with E-state index in [9.17, 15) is 47.1 Å². The van der Waals surface area contributed by atoms with Crippen LogP contribution in [0, 0.1) is 11.6 Å². The van der Waals surface area contributed by atoms with E-state index in [4.69, 9.17) is 9.47 Å². The van der Waals surface area contributed by atoms with Crippen molar-refractivity contribution < 1.29 is 102 Å². The van der Waals surface area contributed by atoms with Gasteiger partial charge in [0, 0.05) is 86.0 Å². The zero-order valence-electron chi connectivity index (χ0n) is 42.0. The first-order chi connectivity index (χ1) is 34.4. The number of methoxy groups -OCH3 is 2. The molecule has 1 aromatic heterocycles. The number of amides is 2. The number of rotatable bonds is 9. The Balaban J connectivity index is 0.000000545. The average molecular weight is 1090 g/mol. The van der Waals surface area contributed by atoms with Crippen LogP contribution >= 0.6 is 23.5 Å². The van der Waals surface area contributed by atoms with Crippen LogP contribution in [0.25, 0.3) is 10.9 Å². The number of halogens is 2. The van der Waals surface area contributed by atoms with Gasteiger partial charge in [-0.05, 0) is 54.1 Å². The number of aliphatic imine (C=N–C) groups is 1. The zero-order valence-corrected chi connectivity index (χ0v) is 45.6. The van der Waals surface area contributed by atoms with Crippen molar-refractivity contribution in [3.63, 3.8) is 0 Å². The monoisotopic (exact) mass is 1090 g/mol. The van der Waals surface area contributed by atoms with Crippen molar-refractivity contribution in [2.24, 2.45) is 4.99 Å². The fourth-order valence-corrected chi connectivity index (χ4v) is 8.87. The number of hydrogen-bond acceptors (Lipinski definition) is 17. The van der Waals surface area contributed by atoms with Crippen LogP contribution in [0.1, 0.15) is 58.3 Å². The normalized spacial score (nSPS) is 14.9. The Hall–Kier alpha value is -6.16. The summed E-state index contributed by atoms with van der Waals surface area (Å²) in [5, 5.41) is 16.0. The average Bonchev–Trinajstić information content (AvgIpc) is 3.99. The van der Waals surface area contributed by atoms with Gasteiger partial charge in [-0.25, -0.2) is 18.4 Å². The smallest absolute Gasteiger partial charge is 0.528 e. The van der Waals surface area contributed by atoms with Crippen molar-refractivity contribution in [1.82, 2.24) is 20.4 Å². The van der Waals surface area contributed by atoms with Gasteiger partial charge < -0.3 is 53.8 Å². The number of carbonyl (C=O) groups excluding carboxylic acids is 8. The number of benzene rings is 4. The second-order valence-corrected chi connectivity index (χ2v) is 18.0. The molecule has 3 radical (unpaired) electrons. The van der Waals surface area contributed by atoms with E-state index < -0.39 is 29.7 Å². The van der Waals surface area contributed by atoms with Crippen molar-refractivity contribution >= 4 is 107 Å². The number of fused-ring (bicyclic) bond motifs is 2. The van der Waals surface area contributed by atoms with E-state index >= 15 is 0 Å². The SMILES string of the molecule is CC(=O)OC(C)=O.COC(=O)C1=NCc2ccc(NC(=O)C3CNCCS3)cc21.COC(=O)c1n[nH]c2ccc(NC(=O)C3CN(Cc4ccccc4F)CCS3)cc12.O.O.O=Cc1ccccc1F.[B-]C(C)=O.[Na+]. The molecule has 5 aromatic rings. The van der Waals surface area contributed by atoms with Crippen LogP contribution in [0.15, 0.2) is 89.9 Å². The predicted octanol–water partition coefficient (Wildman–Crippen LogP) is 0.641. The number of thioether (sulfide) groups is 2. The van der Waals surface area contributed by atoms with Crippen LogP contribution in [0.3, 0.4) is 0 Å². The van der Waals surface area contributed by atoms with E-state index in [2.05, 4.69) is 48.6 Å². The summed E-state index contributed by atoms with van der Waals surface area (Å²) in [5.41, 5.74) is 4.53. The molecule has 4 heterocycles. The quantitative estimate of drug-likeness (QED) is 0.0518. The standard InChI is InChI=1S/C21H21FN4O3S.C15H17N3O3S.C7H5FO.C4H6O3.C2H3BO.Na.2H2O/c1-29-21(28)19-15-10-14(6-7-17(15)24-25-19)23-20(27)18-12-26(8-9-30-18)11-13-4-2-3-5-16(13)22;1-21-15(20)13-11-6-10(3-2-9(11)7-17-13)18-14(19)12-8-16-4-5-22-12;8-7-4-2-1-3-6(7)5-9;1-3(5)7-4(2)6;1-2(3)4;;;/h2-7,10,18H,8-9,11-12H2,1H3,(H,23,27)(H,24,25);2-3,6,12,16H,4-5,7-8H2,1H3,(H,18,19);1-5H;1-2H3;1H3;;2*1H2/q;;;;-1;+1;;. The Morgan fingerprint density at radius 3 is 1.95 bits per heavy atom. The van der Waals surface area contributed by atoms with Gasteiger partial charge in [-0.1, -0.05) is 43.3 Å². The molecule has 75 heavy (non-hydrogen) atoms. The summed E-state index contributed by atoms with van der Waals surface area (Å²) < 4.78 is 39.8. The van der Waals surface area contributed by atoms with Crippen LogP contribution < -0.4 is 45.5 Å². The van der Waals surface area contributed by atoms with Gasteiger partial charge >= 0.3 is 53.4 Å². The fourth-order valence-electron chi connectivity index (χ4n) is 6.70. The third-order valence-corrected chi connectivity index (χ3v) is 12.4. The number of nitrogens with zero attached hydrogens (tertiary/aromatic N) is 3. The molecular formula is C49H56BF2N7NaO13S2. The van der Waals surface area contributed by atoms with Crippen LogP contribution in [0.2, 0.25) is 0 Å². The predicted molar refractivity (Wildman–Crippen MR) is 278 cm³/mol. The first-order valence-electron chi connectivity index (χ1n) is 21.9. The molecular weight excluding hydrogens is 1030 g/mol. The fraction of sp³-hybridized carbons (Fsp3) is 0.306. The third-order valence-electron chi connectivity index (χ3n) is 9.96. The molecule has 2 saturated heterocycles. The summed E-state index contributed by atoms with van der Waals surface area (Å²) in [4.78, 5) is 93.8. The summed E-state index contributed by atoms with van der Waals surface area (Å²) in [6.45, 7) is 7.56.